The average molecular weight is 387 g/mol. The fourth-order valence-corrected chi connectivity index (χ4v) is 3.61. The fourth-order valence-electron chi connectivity index (χ4n) is 3.61. The molecule has 0 aliphatic heterocycles. The smallest absolute Gasteiger partial charge is 0.417 e. The molecule has 0 radical (unpaired) electrons. The molecule has 9 nitrogen and oxygen atoms in total. The molecule has 2 aromatic rings. The molecule has 2 aliphatic carbocycles. The maximum absolute atomic E-state index is 11.3. The van der Waals surface area contributed by atoms with Crippen molar-refractivity contribution in [3.63, 3.8) is 0 Å². The molecule has 28 heavy (non-hydrogen) atoms. The molecule has 0 spiro atoms. The second-order valence-electron chi connectivity index (χ2n) is 7.04. The summed E-state index contributed by atoms with van der Waals surface area (Å²) in [5.41, 5.74) is 3.47. The van der Waals surface area contributed by atoms with Crippen LogP contribution in [-0.2, 0) is 24.0 Å². The first-order valence-electron chi connectivity index (χ1n) is 9.77. The Balaban J connectivity index is 1.12. The third-order valence-electron chi connectivity index (χ3n) is 4.98. The van der Waals surface area contributed by atoms with Crippen LogP contribution < -0.4 is 16.8 Å². The van der Waals surface area contributed by atoms with Gasteiger partial charge in [0, 0.05) is 30.8 Å². The van der Waals surface area contributed by atoms with Crippen molar-refractivity contribution < 1.29 is 9.15 Å². The molecule has 2 aromatic heterocycles. The van der Waals surface area contributed by atoms with E-state index in [1.54, 1.807) is 0 Å². The number of aromatic nitrogens is 3. The fraction of sp³-hybridized carbons (Fsp3) is 0.526. The van der Waals surface area contributed by atoms with Crippen LogP contribution >= 0.6 is 0 Å². The summed E-state index contributed by atoms with van der Waals surface area (Å²) in [6, 6.07) is 0. The van der Waals surface area contributed by atoms with E-state index in [0.29, 0.717) is 31.8 Å². The maximum Gasteiger partial charge on any atom is 0.417 e. The number of rotatable bonds is 8. The van der Waals surface area contributed by atoms with E-state index < -0.39 is 5.76 Å². The largest absolute Gasteiger partial charge is 0.498 e. The van der Waals surface area contributed by atoms with Crippen molar-refractivity contribution in [1.82, 2.24) is 20.3 Å². The Morgan fingerprint density at radius 2 is 2.00 bits per heavy atom. The molecule has 0 saturated carbocycles. The summed E-state index contributed by atoms with van der Waals surface area (Å²) in [6.07, 6.45) is 6.93. The van der Waals surface area contributed by atoms with Crippen LogP contribution in [0.4, 0.5) is 0 Å². The van der Waals surface area contributed by atoms with Gasteiger partial charge in [0.05, 0.1) is 30.3 Å². The minimum absolute atomic E-state index is 0.157. The van der Waals surface area contributed by atoms with Gasteiger partial charge in [-0.05, 0) is 38.3 Å². The van der Waals surface area contributed by atoms with Gasteiger partial charge in [-0.15, -0.1) is 0 Å². The van der Waals surface area contributed by atoms with E-state index >= 15 is 0 Å². The van der Waals surface area contributed by atoms with Crippen LogP contribution in [-0.4, -0.2) is 46.9 Å². The average Bonchev–Trinajstić information content (AvgIpc) is 3.24. The number of allylic oxidation sites excluding steroid dienone is 2. The highest BCUT2D eigenvalue weighted by Gasteiger charge is 2.20. The molecule has 0 bridgehead atoms. The molecule has 4 N–H and O–H groups in total. The summed E-state index contributed by atoms with van der Waals surface area (Å²) in [5.74, 6) is 1.15. The SMILES string of the molecule is O=c1[nH]c2c([nH]1)CC(OCCCNCCN=C1CCCc3[nH]c(=O)oc31)=CC2. The van der Waals surface area contributed by atoms with Gasteiger partial charge >= 0.3 is 11.4 Å². The molecule has 9 heteroatoms. The Morgan fingerprint density at radius 3 is 2.93 bits per heavy atom. The number of H-pyrrole nitrogens is 3. The molecule has 150 valence electrons. The van der Waals surface area contributed by atoms with E-state index in [1.807, 2.05) is 6.08 Å². The van der Waals surface area contributed by atoms with Crippen molar-refractivity contribution in [2.45, 2.75) is 38.5 Å². The number of ether oxygens (including phenoxy) is 1. The normalized spacial score (nSPS) is 17.3. The zero-order valence-corrected chi connectivity index (χ0v) is 15.7. The standard InChI is InChI=1S/C19H25N5O4/c25-18-22-13-6-5-12(11-16(13)23-18)27-10-2-7-20-8-9-21-14-3-1-4-15-17(14)28-19(26)24-15/h5,20H,1-4,6-11H2,(H,24,26)(H2,22,23,25). The van der Waals surface area contributed by atoms with Gasteiger partial charge in [-0.3, -0.25) is 9.98 Å². The van der Waals surface area contributed by atoms with Gasteiger partial charge in [0.25, 0.3) is 0 Å². The summed E-state index contributed by atoms with van der Waals surface area (Å²) in [7, 11) is 0. The van der Waals surface area contributed by atoms with Gasteiger partial charge < -0.3 is 24.4 Å². The van der Waals surface area contributed by atoms with Crippen molar-refractivity contribution in [3.8, 4) is 0 Å². The van der Waals surface area contributed by atoms with Gasteiger partial charge in [-0.1, -0.05) is 0 Å². The molecule has 0 amide bonds. The van der Waals surface area contributed by atoms with Crippen molar-refractivity contribution in [2.75, 3.05) is 26.2 Å². The topological polar surface area (TPSA) is 128 Å². The molecule has 0 unspecified atom stereocenters. The Kier molecular flexibility index (Phi) is 5.61. The molecule has 0 fully saturated rings. The summed E-state index contributed by atoms with van der Waals surface area (Å²) in [6.45, 7) is 2.90. The molecular weight excluding hydrogens is 362 g/mol. The van der Waals surface area contributed by atoms with Gasteiger partial charge in [-0.25, -0.2) is 9.59 Å². The molecule has 2 aliphatic rings. The van der Waals surface area contributed by atoms with E-state index in [-0.39, 0.29) is 5.69 Å². The number of nitrogens with zero attached hydrogens (tertiary/aromatic N) is 1. The van der Waals surface area contributed by atoms with E-state index in [4.69, 9.17) is 9.15 Å². The lowest BCUT2D eigenvalue weighted by atomic mass is 10.00. The van der Waals surface area contributed by atoms with Gasteiger partial charge in [0.1, 0.15) is 0 Å². The molecule has 0 aromatic carbocycles. The molecule has 0 saturated heterocycles. The summed E-state index contributed by atoms with van der Waals surface area (Å²) >= 11 is 0. The molecular formula is C19H25N5O4. The lowest BCUT2D eigenvalue weighted by Gasteiger charge is -2.14. The minimum Gasteiger partial charge on any atom is -0.498 e. The maximum atomic E-state index is 11.3. The first kappa shape index (κ1) is 18.5. The number of aromatic amines is 3. The predicted molar refractivity (Wildman–Crippen MR) is 104 cm³/mol. The second-order valence-corrected chi connectivity index (χ2v) is 7.04. The van der Waals surface area contributed by atoms with E-state index in [2.05, 4.69) is 25.3 Å². The zero-order valence-electron chi connectivity index (χ0n) is 15.7. The van der Waals surface area contributed by atoms with Gasteiger partial charge in [0.2, 0.25) is 0 Å². The van der Waals surface area contributed by atoms with Crippen molar-refractivity contribution in [1.29, 1.82) is 0 Å². The van der Waals surface area contributed by atoms with Crippen molar-refractivity contribution >= 4 is 5.71 Å². The lowest BCUT2D eigenvalue weighted by Crippen LogP contribution is -2.21. The number of aliphatic imine (C=N–C) groups is 1. The number of oxazole rings is 1. The van der Waals surface area contributed by atoms with Gasteiger partial charge in [-0.2, -0.15) is 0 Å². The monoisotopic (exact) mass is 387 g/mol. The number of nitrogens with one attached hydrogen (secondary N) is 4. The minimum atomic E-state index is -0.398. The number of hydrogen-bond acceptors (Lipinski definition) is 6. The molecule has 0 atom stereocenters. The highest BCUT2D eigenvalue weighted by Crippen LogP contribution is 2.19. The third kappa shape index (κ3) is 4.36. The van der Waals surface area contributed by atoms with Crippen LogP contribution in [0.3, 0.4) is 0 Å². The predicted octanol–water partition coefficient (Wildman–Crippen LogP) is 0.789. The quantitative estimate of drug-likeness (QED) is 0.498. The highest BCUT2D eigenvalue weighted by atomic mass is 16.5. The Labute approximate surface area is 161 Å². The first-order valence-corrected chi connectivity index (χ1v) is 9.77. The van der Waals surface area contributed by atoms with Gasteiger partial charge in [0.15, 0.2) is 5.76 Å². The number of imidazole rings is 1. The number of hydrogen-bond donors (Lipinski definition) is 4. The van der Waals surface area contributed by atoms with Crippen LogP contribution in [0.1, 0.15) is 42.1 Å². The Morgan fingerprint density at radius 1 is 1.11 bits per heavy atom. The van der Waals surface area contributed by atoms with Crippen molar-refractivity contribution in [2.24, 2.45) is 4.99 Å². The second kappa shape index (κ2) is 8.47. The van der Waals surface area contributed by atoms with Crippen LogP contribution in [0.15, 0.2) is 30.8 Å². The highest BCUT2D eigenvalue weighted by molar-refractivity contribution is 5.99. The van der Waals surface area contributed by atoms with E-state index in [1.165, 1.54) is 0 Å². The van der Waals surface area contributed by atoms with Crippen LogP contribution in [0.2, 0.25) is 0 Å². The lowest BCUT2D eigenvalue weighted by molar-refractivity contribution is 0.199. The summed E-state index contributed by atoms with van der Waals surface area (Å²) in [4.78, 5) is 35.5. The van der Waals surface area contributed by atoms with Crippen LogP contribution in [0.5, 0.6) is 0 Å². The van der Waals surface area contributed by atoms with Crippen LogP contribution in [0, 0.1) is 0 Å². The summed E-state index contributed by atoms with van der Waals surface area (Å²) < 4.78 is 11.0. The number of aryl methyl sites for hydroxylation is 1. The van der Waals surface area contributed by atoms with Crippen LogP contribution in [0.25, 0.3) is 0 Å². The third-order valence-corrected chi connectivity index (χ3v) is 4.98. The molecule has 4 rings (SSSR count). The first-order chi connectivity index (χ1) is 13.7. The Hall–Kier alpha value is -2.81. The Bertz CT molecular complexity index is 991. The molecule has 2 heterocycles. The zero-order chi connectivity index (χ0) is 19.3. The van der Waals surface area contributed by atoms with E-state index in [0.717, 1.165) is 67.3 Å². The number of fused-ring (bicyclic) bond motifs is 2. The van der Waals surface area contributed by atoms with Crippen molar-refractivity contribution in [3.05, 3.63) is 55.7 Å². The summed E-state index contributed by atoms with van der Waals surface area (Å²) in [5, 5.41) is 3.35. The van der Waals surface area contributed by atoms with E-state index in [9.17, 15) is 9.59 Å².